The minimum atomic E-state index is 0.568. The number of aromatic nitrogens is 4. The molecule has 4 aromatic heterocycles. The predicted molar refractivity (Wildman–Crippen MR) is 115 cm³/mol. The second kappa shape index (κ2) is 7.35. The second-order valence-electron chi connectivity index (χ2n) is 7.00. The number of hydrogen-bond acceptors (Lipinski definition) is 7. The zero-order valence-corrected chi connectivity index (χ0v) is 17.2. The summed E-state index contributed by atoms with van der Waals surface area (Å²) in [7, 11) is 1.72. The Morgan fingerprint density at radius 1 is 1.36 bits per heavy atom. The molecule has 0 amide bonds. The largest absolute Gasteiger partial charge is 0.397 e. The number of imidazole rings is 1. The van der Waals surface area contributed by atoms with Crippen molar-refractivity contribution in [2.45, 2.75) is 29.4 Å². The van der Waals surface area contributed by atoms with Crippen LogP contribution in [0, 0.1) is 0 Å². The molecule has 5 rings (SSSR count). The van der Waals surface area contributed by atoms with E-state index in [0.717, 1.165) is 42.9 Å². The lowest BCUT2D eigenvalue weighted by atomic mass is 9.79. The number of anilines is 1. The minimum Gasteiger partial charge on any atom is -0.397 e. The van der Waals surface area contributed by atoms with Crippen LogP contribution in [0.25, 0.3) is 27.3 Å². The van der Waals surface area contributed by atoms with Crippen molar-refractivity contribution in [1.82, 2.24) is 19.4 Å². The average Bonchev–Trinajstić information content (AvgIpc) is 3.22. The maximum atomic E-state index is 6.58. The van der Waals surface area contributed by atoms with Crippen molar-refractivity contribution in [2.75, 3.05) is 25.2 Å². The van der Waals surface area contributed by atoms with Crippen molar-refractivity contribution in [3.05, 3.63) is 36.4 Å². The molecule has 0 unspecified atom stereocenters. The number of methoxy groups -OCH3 is 1. The van der Waals surface area contributed by atoms with Crippen molar-refractivity contribution in [2.24, 2.45) is 0 Å². The molecule has 28 heavy (non-hydrogen) atoms. The number of fused-ring (bicyclic) bond motifs is 2. The topological polar surface area (TPSA) is 78.3 Å². The van der Waals surface area contributed by atoms with Gasteiger partial charge in [0.1, 0.15) is 4.83 Å². The molecular formula is C20H21N5OS2. The molecule has 0 spiro atoms. The van der Waals surface area contributed by atoms with Crippen molar-refractivity contribution in [3.63, 3.8) is 0 Å². The van der Waals surface area contributed by atoms with E-state index in [0.29, 0.717) is 12.5 Å². The number of nitrogen functional groups attached to an aromatic ring is 1. The molecule has 0 aliphatic heterocycles. The molecule has 0 atom stereocenters. The van der Waals surface area contributed by atoms with E-state index in [4.69, 9.17) is 15.5 Å². The summed E-state index contributed by atoms with van der Waals surface area (Å²) >= 11 is 3.44. The van der Waals surface area contributed by atoms with E-state index in [-0.39, 0.29) is 0 Å². The van der Waals surface area contributed by atoms with Crippen LogP contribution in [-0.4, -0.2) is 38.8 Å². The van der Waals surface area contributed by atoms with Gasteiger partial charge in [-0.05, 0) is 30.4 Å². The highest BCUT2D eigenvalue weighted by Crippen LogP contribution is 2.47. The van der Waals surface area contributed by atoms with Crippen LogP contribution in [-0.2, 0) is 4.74 Å². The Balaban J connectivity index is 1.66. The van der Waals surface area contributed by atoms with E-state index >= 15 is 0 Å². The minimum absolute atomic E-state index is 0.568. The second-order valence-corrected chi connectivity index (χ2v) is 9.36. The van der Waals surface area contributed by atoms with Crippen LogP contribution in [0.2, 0.25) is 0 Å². The van der Waals surface area contributed by atoms with Gasteiger partial charge in [0.2, 0.25) is 0 Å². The fourth-order valence-corrected chi connectivity index (χ4v) is 5.94. The number of thiophene rings is 1. The lowest BCUT2D eigenvalue weighted by Gasteiger charge is -2.27. The number of hydrogen-bond donors (Lipinski definition) is 1. The number of pyridine rings is 1. The Hall–Kier alpha value is -2.16. The van der Waals surface area contributed by atoms with E-state index in [1.54, 1.807) is 42.6 Å². The van der Waals surface area contributed by atoms with Crippen LogP contribution in [0.1, 0.15) is 30.7 Å². The summed E-state index contributed by atoms with van der Waals surface area (Å²) in [5.41, 5.74) is 11.6. The Kier molecular flexibility index (Phi) is 4.70. The molecule has 6 nitrogen and oxygen atoms in total. The highest BCUT2D eigenvalue weighted by atomic mass is 32.2. The fourth-order valence-electron chi connectivity index (χ4n) is 3.66. The average molecular weight is 412 g/mol. The highest BCUT2D eigenvalue weighted by molar-refractivity contribution is 8.01. The third-order valence-electron chi connectivity index (χ3n) is 5.34. The summed E-state index contributed by atoms with van der Waals surface area (Å²) in [6, 6.07) is 2.22. The van der Waals surface area contributed by atoms with Gasteiger partial charge in [0.05, 0.1) is 40.3 Å². The van der Waals surface area contributed by atoms with Gasteiger partial charge in [0.15, 0.2) is 5.65 Å². The molecule has 0 bridgehead atoms. The maximum Gasteiger partial charge on any atom is 0.155 e. The van der Waals surface area contributed by atoms with Crippen LogP contribution >= 0.6 is 23.1 Å². The molecule has 0 aromatic carbocycles. The molecule has 1 aliphatic rings. The molecule has 144 valence electrons. The van der Waals surface area contributed by atoms with Gasteiger partial charge in [-0.25, -0.2) is 9.97 Å². The van der Waals surface area contributed by atoms with Crippen molar-refractivity contribution < 1.29 is 4.74 Å². The Labute approximate surface area is 171 Å². The molecule has 0 radical (unpaired) electrons. The van der Waals surface area contributed by atoms with Crippen LogP contribution in [0.3, 0.4) is 0 Å². The number of ether oxygens (including phenoxy) is 1. The van der Waals surface area contributed by atoms with Gasteiger partial charge in [0, 0.05) is 30.6 Å². The molecule has 1 fully saturated rings. The van der Waals surface area contributed by atoms with Crippen molar-refractivity contribution in [1.29, 1.82) is 0 Å². The number of nitrogens with zero attached hydrogens (tertiary/aromatic N) is 4. The standard InChI is InChI=1S/C20H21N5OS2/c1-26-7-8-27-20-18(21)17-13(12-3-2-4-12)9-14(24-19(17)28-20)15-10-23-16-11-22-5-6-25(15)16/h5-6,9-12H,2-4,7-8,21H2,1H3. The molecule has 1 aliphatic carbocycles. The Morgan fingerprint density at radius 3 is 3.04 bits per heavy atom. The first-order valence-corrected chi connectivity index (χ1v) is 11.2. The Morgan fingerprint density at radius 2 is 2.25 bits per heavy atom. The lowest BCUT2D eigenvalue weighted by Crippen LogP contribution is -2.10. The molecule has 0 saturated heterocycles. The van der Waals surface area contributed by atoms with Gasteiger partial charge >= 0.3 is 0 Å². The van der Waals surface area contributed by atoms with Gasteiger partial charge in [-0.2, -0.15) is 0 Å². The molecule has 4 heterocycles. The van der Waals surface area contributed by atoms with Crippen LogP contribution in [0.4, 0.5) is 5.69 Å². The van der Waals surface area contributed by atoms with Crippen molar-refractivity contribution >= 4 is 44.6 Å². The van der Waals surface area contributed by atoms with E-state index in [1.165, 1.54) is 24.8 Å². The zero-order valence-electron chi connectivity index (χ0n) is 15.6. The van der Waals surface area contributed by atoms with Crippen LogP contribution in [0.5, 0.6) is 0 Å². The summed E-state index contributed by atoms with van der Waals surface area (Å²) in [5.74, 6) is 1.46. The number of rotatable bonds is 6. The first-order chi connectivity index (χ1) is 13.8. The van der Waals surface area contributed by atoms with E-state index in [9.17, 15) is 0 Å². The Bertz CT molecular complexity index is 1150. The van der Waals surface area contributed by atoms with Gasteiger partial charge in [-0.15, -0.1) is 23.1 Å². The van der Waals surface area contributed by atoms with Crippen molar-refractivity contribution in [3.8, 4) is 11.4 Å². The third kappa shape index (κ3) is 2.96. The van der Waals surface area contributed by atoms with E-state index in [1.807, 2.05) is 16.8 Å². The van der Waals surface area contributed by atoms with Gasteiger partial charge < -0.3 is 10.5 Å². The van der Waals surface area contributed by atoms with Gasteiger partial charge in [0.25, 0.3) is 0 Å². The lowest BCUT2D eigenvalue weighted by molar-refractivity contribution is 0.218. The summed E-state index contributed by atoms with van der Waals surface area (Å²) in [6.45, 7) is 0.711. The summed E-state index contributed by atoms with van der Waals surface area (Å²) < 4.78 is 8.36. The normalized spacial score (nSPS) is 14.8. The quantitative estimate of drug-likeness (QED) is 0.369. The zero-order chi connectivity index (χ0) is 19.1. The number of thioether (sulfide) groups is 1. The molecule has 4 aromatic rings. The summed E-state index contributed by atoms with van der Waals surface area (Å²) in [4.78, 5) is 14.6. The molecule has 2 N–H and O–H groups in total. The predicted octanol–water partition coefficient (Wildman–Crippen LogP) is 4.59. The SMILES string of the molecule is COCCSc1sc2nc(-c3cnc4cnccn34)cc(C3CCC3)c2c1N. The summed E-state index contributed by atoms with van der Waals surface area (Å²) in [5, 5.41) is 1.15. The van der Waals surface area contributed by atoms with Crippen LogP contribution < -0.4 is 5.73 Å². The third-order valence-corrected chi connectivity index (χ3v) is 7.69. The molecular weight excluding hydrogens is 390 g/mol. The molecule has 1 saturated carbocycles. The first-order valence-electron chi connectivity index (χ1n) is 9.38. The number of nitrogens with two attached hydrogens (primary N) is 1. The van der Waals surface area contributed by atoms with Crippen LogP contribution in [0.15, 0.2) is 35.1 Å². The fraction of sp³-hybridized carbons (Fsp3) is 0.350. The van der Waals surface area contributed by atoms with E-state index < -0.39 is 0 Å². The molecule has 8 heteroatoms. The smallest absolute Gasteiger partial charge is 0.155 e. The van der Waals surface area contributed by atoms with E-state index in [2.05, 4.69) is 16.0 Å². The van der Waals surface area contributed by atoms with Gasteiger partial charge in [-0.3, -0.25) is 9.38 Å². The summed E-state index contributed by atoms with van der Waals surface area (Å²) in [6.07, 6.45) is 11.1. The highest BCUT2D eigenvalue weighted by Gasteiger charge is 2.26. The first kappa shape index (κ1) is 17.9. The van der Waals surface area contributed by atoms with Gasteiger partial charge in [-0.1, -0.05) is 6.42 Å². The monoisotopic (exact) mass is 411 g/mol. The maximum absolute atomic E-state index is 6.58.